The zero-order valence-corrected chi connectivity index (χ0v) is 15.6. The molecule has 0 aromatic heterocycles. The van der Waals surface area contributed by atoms with Crippen LogP contribution in [0.2, 0.25) is 0 Å². The second-order valence-corrected chi connectivity index (χ2v) is 7.87. The van der Waals surface area contributed by atoms with Crippen molar-refractivity contribution in [1.82, 2.24) is 4.90 Å². The van der Waals surface area contributed by atoms with E-state index in [9.17, 15) is 17.6 Å². The van der Waals surface area contributed by atoms with Crippen LogP contribution < -0.4 is 4.18 Å². The quantitative estimate of drug-likeness (QED) is 0.645. The molecule has 0 radical (unpaired) electrons. The minimum Gasteiger partial charge on any atom is -0.379 e. The number of ether oxygens (including phenoxy) is 1. The van der Waals surface area contributed by atoms with E-state index in [0.717, 1.165) is 42.7 Å². The first-order valence-electron chi connectivity index (χ1n) is 8.46. The maximum absolute atomic E-state index is 12.9. The van der Waals surface area contributed by atoms with E-state index in [1.165, 1.54) is 19.2 Å². The molecule has 0 atom stereocenters. The Morgan fingerprint density at radius 2 is 1.74 bits per heavy atom. The largest absolute Gasteiger partial charge is 0.379 e. The van der Waals surface area contributed by atoms with Crippen molar-refractivity contribution in [2.24, 2.45) is 0 Å². The summed E-state index contributed by atoms with van der Waals surface area (Å²) >= 11 is 0. The van der Waals surface area contributed by atoms with Crippen molar-refractivity contribution in [1.29, 1.82) is 0 Å². The van der Waals surface area contributed by atoms with E-state index in [0.29, 0.717) is 6.54 Å². The molecule has 0 bridgehead atoms. The van der Waals surface area contributed by atoms with Gasteiger partial charge in [-0.15, -0.1) is 0 Å². The van der Waals surface area contributed by atoms with Gasteiger partial charge in [-0.2, -0.15) is 8.42 Å². The Bertz CT molecular complexity index is 893. The first-order chi connectivity index (χ1) is 12.9. The Morgan fingerprint density at radius 1 is 1.11 bits per heavy atom. The summed E-state index contributed by atoms with van der Waals surface area (Å²) in [6.07, 6.45) is 1.96. The average Bonchev–Trinajstić information content (AvgIpc) is 3.46. The molecular formula is C19H20FNO5S. The highest BCUT2D eigenvalue weighted by molar-refractivity contribution is 7.87. The lowest BCUT2D eigenvalue weighted by atomic mass is 10.2. The molecule has 6 nitrogen and oxygen atoms in total. The molecule has 0 saturated heterocycles. The van der Waals surface area contributed by atoms with E-state index in [1.807, 2.05) is 0 Å². The zero-order valence-electron chi connectivity index (χ0n) is 14.8. The molecule has 0 unspecified atom stereocenters. The Labute approximate surface area is 157 Å². The fraction of sp³-hybridized carbons (Fsp3) is 0.316. The lowest BCUT2D eigenvalue weighted by Gasteiger charge is -2.22. The number of hydrogen-bond donors (Lipinski definition) is 0. The van der Waals surface area contributed by atoms with Gasteiger partial charge in [0.05, 0.1) is 0 Å². The highest BCUT2D eigenvalue weighted by Crippen LogP contribution is 2.29. The molecule has 3 rings (SSSR count). The molecule has 0 N–H and O–H groups in total. The molecule has 1 aliphatic carbocycles. The molecule has 144 valence electrons. The van der Waals surface area contributed by atoms with Crippen LogP contribution in [0.15, 0.2) is 53.4 Å². The smallest absolute Gasteiger partial charge is 0.339 e. The fourth-order valence-corrected chi connectivity index (χ4v) is 3.57. The van der Waals surface area contributed by atoms with Crippen molar-refractivity contribution < 1.29 is 26.5 Å². The second-order valence-electron chi connectivity index (χ2n) is 6.32. The maximum atomic E-state index is 12.9. The third kappa shape index (κ3) is 5.05. The van der Waals surface area contributed by atoms with Gasteiger partial charge in [0.25, 0.3) is 0 Å². The van der Waals surface area contributed by atoms with Crippen LogP contribution in [0.25, 0.3) is 0 Å². The minimum atomic E-state index is -4.04. The summed E-state index contributed by atoms with van der Waals surface area (Å²) in [5, 5.41) is 0. The van der Waals surface area contributed by atoms with E-state index in [-0.39, 0.29) is 29.2 Å². The van der Waals surface area contributed by atoms with Crippen LogP contribution in [-0.2, 0) is 26.2 Å². The molecule has 1 saturated carbocycles. The molecule has 2 aromatic rings. The number of halogens is 1. The van der Waals surface area contributed by atoms with Gasteiger partial charge in [0, 0.05) is 19.7 Å². The molecule has 0 aliphatic heterocycles. The molecule has 2 aromatic carbocycles. The number of benzene rings is 2. The summed E-state index contributed by atoms with van der Waals surface area (Å²) < 4.78 is 47.4. The Hall–Kier alpha value is -2.45. The Kier molecular flexibility index (Phi) is 5.76. The summed E-state index contributed by atoms with van der Waals surface area (Å²) in [5.74, 6) is -0.454. The predicted octanol–water partition coefficient (Wildman–Crippen LogP) is 2.73. The third-order valence-corrected chi connectivity index (χ3v) is 5.42. The normalized spacial score (nSPS) is 14.0. The summed E-state index contributed by atoms with van der Waals surface area (Å²) in [4.78, 5) is 13.8. The number of carbonyl (C=O) groups is 1. The zero-order chi connectivity index (χ0) is 19.4. The van der Waals surface area contributed by atoms with Gasteiger partial charge in [0.15, 0.2) is 0 Å². The van der Waals surface area contributed by atoms with Gasteiger partial charge in [0.1, 0.15) is 23.1 Å². The van der Waals surface area contributed by atoms with Crippen LogP contribution in [0, 0.1) is 5.82 Å². The lowest BCUT2D eigenvalue weighted by molar-refractivity contribution is -0.136. The molecule has 27 heavy (non-hydrogen) atoms. The molecule has 1 fully saturated rings. The first kappa shape index (κ1) is 19.3. The van der Waals surface area contributed by atoms with Crippen LogP contribution in [0.3, 0.4) is 0 Å². The van der Waals surface area contributed by atoms with Crippen molar-refractivity contribution in [2.45, 2.75) is 30.3 Å². The van der Waals surface area contributed by atoms with Gasteiger partial charge in [-0.25, -0.2) is 4.39 Å². The van der Waals surface area contributed by atoms with Crippen LogP contribution >= 0.6 is 0 Å². The van der Waals surface area contributed by atoms with E-state index >= 15 is 0 Å². The maximum Gasteiger partial charge on any atom is 0.339 e. The van der Waals surface area contributed by atoms with E-state index in [1.54, 1.807) is 17.0 Å². The van der Waals surface area contributed by atoms with Gasteiger partial charge in [-0.1, -0.05) is 12.1 Å². The molecule has 0 heterocycles. The topological polar surface area (TPSA) is 72.9 Å². The van der Waals surface area contributed by atoms with Crippen LogP contribution in [0.5, 0.6) is 5.75 Å². The van der Waals surface area contributed by atoms with Gasteiger partial charge < -0.3 is 13.8 Å². The Morgan fingerprint density at radius 3 is 2.30 bits per heavy atom. The van der Waals surface area contributed by atoms with Gasteiger partial charge in [-0.3, -0.25) is 4.79 Å². The van der Waals surface area contributed by atoms with Crippen molar-refractivity contribution in [3.63, 3.8) is 0 Å². The van der Waals surface area contributed by atoms with Crippen LogP contribution in [0.4, 0.5) is 4.39 Å². The monoisotopic (exact) mass is 393 g/mol. The summed E-state index contributed by atoms with van der Waals surface area (Å²) in [5.41, 5.74) is 0.859. The fourth-order valence-electron chi connectivity index (χ4n) is 2.64. The predicted molar refractivity (Wildman–Crippen MR) is 96.1 cm³/mol. The van der Waals surface area contributed by atoms with E-state index < -0.39 is 15.9 Å². The van der Waals surface area contributed by atoms with Crippen LogP contribution in [0.1, 0.15) is 18.4 Å². The first-order valence-corrected chi connectivity index (χ1v) is 9.87. The lowest BCUT2D eigenvalue weighted by Crippen LogP contribution is -2.35. The third-order valence-electron chi connectivity index (χ3n) is 4.16. The molecule has 1 amide bonds. The number of carbonyl (C=O) groups excluding carboxylic acids is 1. The highest BCUT2D eigenvalue weighted by atomic mass is 32.2. The van der Waals surface area contributed by atoms with E-state index in [2.05, 4.69) is 0 Å². The van der Waals surface area contributed by atoms with Crippen LogP contribution in [-0.4, -0.2) is 39.0 Å². The highest BCUT2D eigenvalue weighted by Gasteiger charge is 2.32. The molecule has 0 spiro atoms. The van der Waals surface area contributed by atoms with Gasteiger partial charge >= 0.3 is 10.1 Å². The average molecular weight is 393 g/mol. The SMILES string of the molecule is COCC(=O)N(Cc1ccc(OS(=O)(=O)c2ccc(F)cc2)cc1)C1CC1. The number of rotatable bonds is 8. The van der Waals surface area contributed by atoms with Gasteiger partial charge in [-0.05, 0) is 54.8 Å². The van der Waals surface area contributed by atoms with Crippen molar-refractivity contribution in [3.8, 4) is 5.75 Å². The summed E-state index contributed by atoms with van der Waals surface area (Å²) in [6.45, 7) is 0.464. The van der Waals surface area contributed by atoms with Crippen molar-refractivity contribution in [2.75, 3.05) is 13.7 Å². The standard InChI is InChI=1S/C19H20FNO5S/c1-25-13-19(22)21(16-6-7-16)12-14-2-8-17(9-3-14)26-27(23,24)18-10-4-15(20)5-11-18/h2-5,8-11,16H,6-7,12-13H2,1H3. The molecule has 8 heteroatoms. The van der Waals surface area contributed by atoms with Gasteiger partial charge in [0.2, 0.25) is 5.91 Å². The minimum absolute atomic E-state index is 0.0353. The summed E-state index contributed by atoms with van der Waals surface area (Å²) in [6, 6.07) is 11.1. The van der Waals surface area contributed by atoms with Crippen molar-refractivity contribution >= 4 is 16.0 Å². The number of hydrogen-bond acceptors (Lipinski definition) is 5. The Balaban J connectivity index is 1.67. The van der Waals surface area contributed by atoms with E-state index in [4.69, 9.17) is 8.92 Å². The molecule has 1 aliphatic rings. The van der Waals surface area contributed by atoms with Crippen molar-refractivity contribution in [3.05, 3.63) is 59.9 Å². The number of nitrogens with zero attached hydrogens (tertiary/aromatic N) is 1. The second kappa shape index (κ2) is 8.06. The number of methoxy groups -OCH3 is 1. The summed E-state index contributed by atoms with van der Waals surface area (Å²) in [7, 11) is -2.56. The molecular weight excluding hydrogens is 373 g/mol. The number of amides is 1.